The summed E-state index contributed by atoms with van der Waals surface area (Å²) in [5, 5.41) is 2.96. The number of carbonyl (C=O) groups is 2. The van der Waals surface area contributed by atoms with E-state index in [9.17, 15) is 9.59 Å². The normalized spacial score (nSPS) is 14.5. The van der Waals surface area contributed by atoms with Crippen LogP contribution >= 0.6 is 0 Å². The predicted octanol–water partition coefficient (Wildman–Crippen LogP) is 2.53. The lowest BCUT2D eigenvalue weighted by atomic mass is 10.1. The van der Waals surface area contributed by atoms with E-state index in [0.29, 0.717) is 45.1 Å². The third-order valence-corrected chi connectivity index (χ3v) is 4.70. The van der Waals surface area contributed by atoms with Crippen molar-refractivity contribution >= 4 is 11.9 Å². The van der Waals surface area contributed by atoms with Gasteiger partial charge in [0.2, 0.25) is 5.91 Å². The van der Waals surface area contributed by atoms with Gasteiger partial charge in [-0.15, -0.1) is 0 Å². The van der Waals surface area contributed by atoms with Crippen LogP contribution < -0.4 is 10.1 Å². The van der Waals surface area contributed by atoms with Crippen molar-refractivity contribution < 1.29 is 14.3 Å². The van der Waals surface area contributed by atoms with Crippen molar-refractivity contribution in [2.24, 2.45) is 5.92 Å². The maximum atomic E-state index is 12.4. The molecule has 1 fully saturated rings. The maximum absolute atomic E-state index is 12.4. The molecule has 6 nitrogen and oxygen atoms in total. The van der Waals surface area contributed by atoms with Crippen LogP contribution in [0.2, 0.25) is 0 Å². The van der Waals surface area contributed by atoms with E-state index in [1.807, 2.05) is 29.2 Å². The Labute approximate surface area is 156 Å². The third-order valence-electron chi connectivity index (χ3n) is 4.70. The number of nitrogens with zero attached hydrogens (tertiary/aromatic N) is 2. The van der Waals surface area contributed by atoms with Crippen molar-refractivity contribution in [2.45, 2.75) is 33.1 Å². The van der Waals surface area contributed by atoms with E-state index in [2.05, 4.69) is 19.2 Å². The molecule has 26 heavy (non-hydrogen) atoms. The molecule has 0 bridgehead atoms. The fourth-order valence-corrected chi connectivity index (χ4v) is 2.94. The van der Waals surface area contributed by atoms with Crippen LogP contribution in [-0.4, -0.2) is 61.6 Å². The van der Waals surface area contributed by atoms with Gasteiger partial charge in [0, 0.05) is 39.1 Å². The van der Waals surface area contributed by atoms with Gasteiger partial charge in [-0.3, -0.25) is 4.79 Å². The number of methoxy groups -OCH3 is 1. The molecule has 1 heterocycles. The lowest BCUT2D eigenvalue weighted by Gasteiger charge is -2.34. The summed E-state index contributed by atoms with van der Waals surface area (Å²) in [6.45, 7) is 7.41. The van der Waals surface area contributed by atoms with E-state index in [0.717, 1.165) is 24.2 Å². The summed E-state index contributed by atoms with van der Waals surface area (Å²) in [5.41, 5.74) is 1.13. The molecule has 2 rings (SSSR count). The van der Waals surface area contributed by atoms with Gasteiger partial charge in [-0.05, 0) is 36.5 Å². The molecule has 1 saturated heterocycles. The van der Waals surface area contributed by atoms with Gasteiger partial charge in [0.1, 0.15) is 5.75 Å². The Bertz CT molecular complexity index is 578. The highest BCUT2D eigenvalue weighted by atomic mass is 16.5. The average Bonchev–Trinajstić information content (AvgIpc) is 2.66. The first-order chi connectivity index (χ1) is 12.5. The van der Waals surface area contributed by atoms with E-state index in [-0.39, 0.29) is 11.9 Å². The van der Waals surface area contributed by atoms with Gasteiger partial charge in [-0.2, -0.15) is 0 Å². The molecule has 0 spiro atoms. The number of carbonyl (C=O) groups excluding carboxylic acids is 2. The summed E-state index contributed by atoms with van der Waals surface area (Å²) < 4.78 is 5.14. The molecule has 0 saturated carbocycles. The average molecular weight is 361 g/mol. The van der Waals surface area contributed by atoms with Gasteiger partial charge < -0.3 is 19.9 Å². The molecule has 1 aliphatic heterocycles. The van der Waals surface area contributed by atoms with E-state index in [1.165, 1.54) is 0 Å². The monoisotopic (exact) mass is 361 g/mol. The molecule has 0 aromatic heterocycles. The molecule has 0 unspecified atom stereocenters. The van der Waals surface area contributed by atoms with Crippen LogP contribution in [0.25, 0.3) is 0 Å². The molecule has 0 radical (unpaired) electrons. The first-order valence-electron chi connectivity index (χ1n) is 9.43. The summed E-state index contributed by atoms with van der Waals surface area (Å²) in [5.74, 6) is 1.55. The standard InChI is InChI=1S/C20H31N3O3/c1-16(2)10-11-21-20(25)23-14-12-22(13-15-23)19(24)9-6-17-4-7-18(26-3)8-5-17/h4-5,7-8,16H,6,9-15H2,1-3H3,(H,21,25). The van der Waals surface area contributed by atoms with Crippen molar-refractivity contribution in [3.63, 3.8) is 0 Å². The highest BCUT2D eigenvalue weighted by molar-refractivity contribution is 5.78. The van der Waals surface area contributed by atoms with Crippen LogP contribution in [0, 0.1) is 5.92 Å². The zero-order valence-corrected chi connectivity index (χ0v) is 16.2. The smallest absolute Gasteiger partial charge is 0.317 e. The van der Waals surface area contributed by atoms with Gasteiger partial charge in [0.25, 0.3) is 0 Å². The Kier molecular flexibility index (Phi) is 7.75. The molecular weight excluding hydrogens is 330 g/mol. The minimum absolute atomic E-state index is 0.0176. The van der Waals surface area contributed by atoms with Crippen molar-refractivity contribution in [3.05, 3.63) is 29.8 Å². The molecule has 144 valence electrons. The van der Waals surface area contributed by atoms with E-state index < -0.39 is 0 Å². The van der Waals surface area contributed by atoms with Gasteiger partial charge in [-0.1, -0.05) is 26.0 Å². The highest BCUT2D eigenvalue weighted by Gasteiger charge is 2.23. The first kappa shape index (κ1) is 20.1. The van der Waals surface area contributed by atoms with Crippen molar-refractivity contribution in [3.8, 4) is 5.75 Å². The first-order valence-corrected chi connectivity index (χ1v) is 9.43. The zero-order valence-electron chi connectivity index (χ0n) is 16.2. The Hall–Kier alpha value is -2.24. The largest absolute Gasteiger partial charge is 0.497 e. The van der Waals surface area contributed by atoms with Crippen LogP contribution in [0.3, 0.4) is 0 Å². The second-order valence-corrected chi connectivity index (χ2v) is 7.13. The molecule has 1 N–H and O–H groups in total. The zero-order chi connectivity index (χ0) is 18.9. The number of amides is 3. The fraction of sp³-hybridized carbons (Fsp3) is 0.600. The summed E-state index contributed by atoms with van der Waals surface area (Å²) >= 11 is 0. The summed E-state index contributed by atoms with van der Waals surface area (Å²) in [7, 11) is 1.64. The van der Waals surface area contributed by atoms with Crippen molar-refractivity contribution in [1.82, 2.24) is 15.1 Å². The van der Waals surface area contributed by atoms with Gasteiger partial charge >= 0.3 is 6.03 Å². The number of hydrogen-bond acceptors (Lipinski definition) is 3. The molecular formula is C20H31N3O3. The Morgan fingerprint density at radius 1 is 1.08 bits per heavy atom. The number of hydrogen-bond donors (Lipinski definition) is 1. The number of nitrogens with one attached hydrogen (secondary N) is 1. The highest BCUT2D eigenvalue weighted by Crippen LogP contribution is 2.13. The molecule has 6 heteroatoms. The van der Waals surface area contributed by atoms with E-state index in [1.54, 1.807) is 12.0 Å². The fourth-order valence-electron chi connectivity index (χ4n) is 2.94. The number of ether oxygens (including phenoxy) is 1. The molecule has 1 aromatic carbocycles. The van der Waals surface area contributed by atoms with Crippen LogP contribution in [-0.2, 0) is 11.2 Å². The second kappa shape index (κ2) is 10.0. The molecule has 0 aliphatic carbocycles. The minimum atomic E-state index is -0.0176. The van der Waals surface area contributed by atoms with Crippen LogP contribution in [0.1, 0.15) is 32.3 Å². The molecule has 1 aliphatic rings. The Morgan fingerprint density at radius 3 is 2.27 bits per heavy atom. The molecule has 0 atom stereocenters. The van der Waals surface area contributed by atoms with Crippen LogP contribution in [0.4, 0.5) is 4.79 Å². The van der Waals surface area contributed by atoms with E-state index in [4.69, 9.17) is 4.74 Å². The van der Waals surface area contributed by atoms with Crippen molar-refractivity contribution in [2.75, 3.05) is 39.8 Å². The lowest BCUT2D eigenvalue weighted by molar-refractivity contribution is -0.132. The van der Waals surface area contributed by atoms with E-state index >= 15 is 0 Å². The minimum Gasteiger partial charge on any atom is -0.497 e. The lowest BCUT2D eigenvalue weighted by Crippen LogP contribution is -2.53. The predicted molar refractivity (Wildman–Crippen MR) is 102 cm³/mol. The molecule has 3 amide bonds. The Balaban J connectivity index is 1.69. The number of rotatable bonds is 7. The summed E-state index contributed by atoms with van der Waals surface area (Å²) in [6, 6.07) is 7.79. The number of aryl methyl sites for hydroxylation is 1. The van der Waals surface area contributed by atoms with Crippen molar-refractivity contribution in [1.29, 1.82) is 0 Å². The topological polar surface area (TPSA) is 61.9 Å². The van der Waals surface area contributed by atoms with Crippen LogP contribution in [0.5, 0.6) is 5.75 Å². The summed E-state index contributed by atoms with van der Waals surface area (Å²) in [6.07, 6.45) is 2.20. The summed E-state index contributed by atoms with van der Waals surface area (Å²) in [4.78, 5) is 28.2. The number of urea groups is 1. The molecule has 1 aromatic rings. The Morgan fingerprint density at radius 2 is 1.69 bits per heavy atom. The number of benzene rings is 1. The number of piperazine rings is 1. The quantitative estimate of drug-likeness (QED) is 0.812. The third kappa shape index (κ3) is 6.24. The van der Waals surface area contributed by atoms with Gasteiger partial charge in [0.15, 0.2) is 0 Å². The van der Waals surface area contributed by atoms with Gasteiger partial charge in [-0.25, -0.2) is 4.79 Å². The second-order valence-electron chi connectivity index (χ2n) is 7.13. The maximum Gasteiger partial charge on any atom is 0.317 e. The SMILES string of the molecule is COc1ccc(CCC(=O)N2CCN(C(=O)NCCC(C)C)CC2)cc1. The van der Waals surface area contributed by atoms with Crippen LogP contribution in [0.15, 0.2) is 24.3 Å². The van der Waals surface area contributed by atoms with Gasteiger partial charge in [0.05, 0.1) is 7.11 Å².